The Labute approximate surface area is 126 Å². The molecule has 21 heavy (non-hydrogen) atoms. The fraction of sp³-hybridized carbons (Fsp3) is 0.471. The summed E-state index contributed by atoms with van der Waals surface area (Å²) >= 11 is 0. The Kier molecular flexibility index (Phi) is 8.40. The summed E-state index contributed by atoms with van der Waals surface area (Å²) in [6.07, 6.45) is 5.68. The standard InChI is InChI=1S/C17H24O4/c1-4-5-6-7-12-20-14(2)21-13-17(18)15-8-10-16(19-3)11-9-15/h5-6,8-11,14H,4,7,12-13H2,1-3H3. The van der Waals surface area contributed by atoms with Gasteiger partial charge in [-0.05, 0) is 44.0 Å². The first-order valence-electron chi connectivity index (χ1n) is 7.22. The third-order valence-electron chi connectivity index (χ3n) is 2.90. The SMILES string of the molecule is CCC=CCCOC(C)OCC(=O)c1ccc(OC)cc1. The van der Waals surface area contributed by atoms with E-state index in [9.17, 15) is 4.79 Å². The summed E-state index contributed by atoms with van der Waals surface area (Å²) < 4.78 is 15.9. The molecule has 4 heteroatoms. The highest BCUT2D eigenvalue weighted by molar-refractivity contribution is 5.97. The minimum Gasteiger partial charge on any atom is -0.497 e. The molecule has 4 nitrogen and oxygen atoms in total. The Bertz CT molecular complexity index is 437. The molecule has 0 spiro atoms. The summed E-state index contributed by atoms with van der Waals surface area (Å²) in [5.41, 5.74) is 0.605. The number of hydrogen-bond acceptors (Lipinski definition) is 4. The maximum absolute atomic E-state index is 11.9. The predicted molar refractivity (Wildman–Crippen MR) is 82.7 cm³/mol. The molecule has 0 saturated carbocycles. The van der Waals surface area contributed by atoms with Crippen molar-refractivity contribution >= 4 is 5.78 Å². The second-order valence-corrected chi connectivity index (χ2v) is 4.57. The molecule has 116 valence electrons. The number of carbonyl (C=O) groups is 1. The molecule has 1 aromatic carbocycles. The summed E-state index contributed by atoms with van der Waals surface area (Å²) in [6.45, 7) is 4.49. The molecule has 1 atom stereocenters. The molecule has 0 heterocycles. The smallest absolute Gasteiger partial charge is 0.188 e. The zero-order valence-electron chi connectivity index (χ0n) is 13.0. The lowest BCUT2D eigenvalue weighted by atomic mass is 10.1. The molecule has 0 radical (unpaired) electrons. The second-order valence-electron chi connectivity index (χ2n) is 4.57. The van der Waals surface area contributed by atoms with Gasteiger partial charge in [0, 0.05) is 5.56 Å². The van der Waals surface area contributed by atoms with Crippen LogP contribution in [0.25, 0.3) is 0 Å². The van der Waals surface area contributed by atoms with E-state index in [0.717, 1.165) is 18.6 Å². The minimum absolute atomic E-state index is 0.0122. The largest absolute Gasteiger partial charge is 0.497 e. The molecule has 1 unspecified atom stereocenters. The first-order valence-corrected chi connectivity index (χ1v) is 7.22. The van der Waals surface area contributed by atoms with Crippen LogP contribution < -0.4 is 4.74 Å². The minimum atomic E-state index is -0.387. The average Bonchev–Trinajstić information content (AvgIpc) is 2.52. The Morgan fingerprint density at radius 1 is 1.19 bits per heavy atom. The van der Waals surface area contributed by atoms with E-state index in [2.05, 4.69) is 19.1 Å². The Morgan fingerprint density at radius 2 is 1.90 bits per heavy atom. The molecule has 0 amide bonds. The van der Waals surface area contributed by atoms with Crippen molar-refractivity contribution < 1.29 is 19.0 Å². The van der Waals surface area contributed by atoms with E-state index >= 15 is 0 Å². The predicted octanol–water partition coefficient (Wildman–Crippen LogP) is 3.61. The van der Waals surface area contributed by atoms with Crippen LogP contribution in [0.15, 0.2) is 36.4 Å². The quantitative estimate of drug-likeness (QED) is 0.286. The number of carbonyl (C=O) groups excluding carboxylic acids is 1. The van der Waals surface area contributed by atoms with Gasteiger partial charge in [-0.3, -0.25) is 4.79 Å². The number of rotatable bonds is 10. The van der Waals surface area contributed by atoms with Crippen molar-refractivity contribution in [2.75, 3.05) is 20.3 Å². The molecule has 0 aliphatic heterocycles. The van der Waals surface area contributed by atoms with Crippen LogP contribution in [-0.2, 0) is 9.47 Å². The highest BCUT2D eigenvalue weighted by atomic mass is 16.7. The van der Waals surface area contributed by atoms with Crippen LogP contribution in [-0.4, -0.2) is 32.4 Å². The Balaban J connectivity index is 2.26. The van der Waals surface area contributed by atoms with Crippen molar-refractivity contribution in [3.8, 4) is 5.75 Å². The van der Waals surface area contributed by atoms with Gasteiger partial charge in [0.1, 0.15) is 12.4 Å². The van der Waals surface area contributed by atoms with Gasteiger partial charge in [0.05, 0.1) is 13.7 Å². The highest BCUT2D eigenvalue weighted by Gasteiger charge is 2.09. The van der Waals surface area contributed by atoms with Crippen molar-refractivity contribution in [3.05, 3.63) is 42.0 Å². The molecule has 0 fully saturated rings. The van der Waals surface area contributed by atoms with Crippen molar-refractivity contribution in [2.45, 2.75) is 33.0 Å². The van der Waals surface area contributed by atoms with Gasteiger partial charge >= 0.3 is 0 Å². The van der Waals surface area contributed by atoms with E-state index in [4.69, 9.17) is 14.2 Å². The zero-order chi connectivity index (χ0) is 15.5. The Hall–Kier alpha value is -1.65. The van der Waals surface area contributed by atoms with Gasteiger partial charge in [0.15, 0.2) is 12.1 Å². The molecular formula is C17H24O4. The molecular weight excluding hydrogens is 268 g/mol. The van der Waals surface area contributed by atoms with E-state index in [1.807, 2.05) is 0 Å². The van der Waals surface area contributed by atoms with E-state index in [-0.39, 0.29) is 18.7 Å². The average molecular weight is 292 g/mol. The maximum Gasteiger partial charge on any atom is 0.188 e. The molecule has 0 saturated heterocycles. The number of hydrogen-bond donors (Lipinski definition) is 0. The van der Waals surface area contributed by atoms with Crippen molar-refractivity contribution in [3.63, 3.8) is 0 Å². The summed E-state index contributed by atoms with van der Waals surface area (Å²) in [5, 5.41) is 0. The summed E-state index contributed by atoms with van der Waals surface area (Å²) in [6, 6.07) is 6.97. The van der Waals surface area contributed by atoms with Crippen molar-refractivity contribution in [1.29, 1.82) is 0 Å². The third kappa shape index (κ3) is 7.06. The molecule has 0 bridgehead atoms. The lowest BCUT2D eigenvalue weighted by molar-refractivity contribution is -0.121. The molecule has 0 aliphatic rings. The van der Waals surface area contributed by atoms with Gasteiger partial charge in [-0.25, -0.2) is 0 Å². The summed E-state index contributed by atoms with van der Waals surface area (Å²) in [7, 11) is 1.59. The van der Waals surface area contributed by atoms with Crippen LogP contribution in [0.1, 0.15) is 37.0 Å². The number of benzene rings is 1. The van der Waals surface area contributed by atoms with Crippen LogP contribution >= 0.6 is 0 Å². The molecule has 1 rings (SSSR count). The lowest BCUT2D eigenvalue weighted by Crippen LogP contribution is -2.19. The van der Waals surface area contributed by atoms with Gasteiger partial charge in [-0.1, -0.05) is 19.1 Å². The van der Waals surface area contributed by atoms with E-state index in [1.54, 1.807) is 38.3 Å². The van der Waals surface area contributed by atoms with Crippen molar-refractivity contribution in [1.82, 2.24) is 0 Å². The fourth-order valence-electron chi connectivity index (χ4n) is 1.69. The van der Waals surface area contributed by atoms with Gasteiger partial charge < -0.3 is 14.2 Å². The fourth-order valence-corrected chi connectivity index (χ4v) is 1.69. The monoisotopic (exact) mass is 292 g/mol. The highest BCUT2D eigenvalue weighted by Crippen LogP contribution is 2.12. The molecule has 0 N–H and O–H groups in total. The Morgan fingerprint density at radius 3 is 2.52 bits per heavy atom. The lowest BCUT2D eigenvalue weighted by Gasteiger charge is -2.13. The molecule has 0 aliphatic carbocycles. The number of ether oxygens (including phenoxy) is 3. The number of methoxy groups -OCH3 is 1. The zero-order valence-corrected chi connectivity index (χ0v) is 13.0. The normalized spacial score (nSPS) is 12.5. The van der Waals surface area contributed by atoms with Gasteiger partial charge in [0.2, 0.25) is 0 Å². The first kappa shape index (κ1) is 17.4. The van der Waals surface area contributed by atoms with Crippen LogP contribution in [0.2, 0.25) is 0 Å². The maximum atomic E-state index is 11.9. The van der Waals surface area contributed by atoms with Gasteiger partial charge in [0.25, 0.3) is 0 Å². The van der Waals surface area contributed by atoms with E-state index in [1.165, 1.54) is 0 Å². The molecule has 0 aromatic heterocycles. The summed E-state index contributed by atoms with van der Waals surface area (Å²) in [4.78, 5) is 11.9. The third-order valence-corrected chi connectivity index (χ3v) is 2.90. The number of allylic oxidation sites excluding steroid dienone is 1. The van der Waals surface area contributed by atoms with Crippen LogP contribution in [0.5, 0.6) is 5.75 Å². The summed E-state index contributed by atoms with van der Waals surface area (Å²) in [5.74, 6) is 0.656. The van der Waals surface area contributed by atoms with Gasteiger partial charge in [-0.15, -0.1) is 0 Å². The van der Waals surface area contributed by atoms with Gasteiger partial charge in [-0.2, -0.15) is 0 Å². The molecule has 1 aromatic rings. The van der Waals surface area contributed by atoms with Crippen LogP contribution in [0, 0.1) is 0 Å². The van der Waals surface area contributed by atoms with Crippen LogP contribution in [0.4, 0.5) is 0 Å². The second kappa shape index (κ2) is 10.1. The van der Waals surface area contributed by atoms with Crippen LogP contribution in [0.3, 0.4) is 0 Å². The van der Waals surface area contributed by atoms with E-state index in [0.29, 0.717) is 12.2 Å². The first-order chi connectivity index (χ1) is 10.2. The van der Waals surface area contributed by atoms with E-state index < -0.39 is 0 Å². The number of Topliss-reactive ketones (excluding diaryl/α,β-unsaturated/α-hetero) is 1. The topological polar surface area (TPSA) is 44.8 Å². The van der Waals surface area contributed by atoms with Crippen molar-refractivity contribution in [2.24, 2.45) is 0 Å². The number of ketones is 1.